The van der Waals surface area contributed by atoms with Crippen molar-refractivity contribution in [2.75, 3.05) is 33.2 Å². The fraction of sp³-hybridized carbons (Fsp3) is 0.500. The molecule has 0 saturated carbocycles. The highest BCUT2D eigenvalue weighted by Crippen LogP contribution is 2.04. The molecule has 0 unspecified atom stereocenters. The number of rotatable bonds is 2. The van der Waals surface area contributed by atoms with Crippen LogP contribution in [-0.4, -0.2) is 48.1 Å². The summed E-state index contributed by atoms with van der Waals surface area (Å²) in [5.41, 5.74) is 1.04. The number of hydrogen-bond donors (Lipinski definition) is 1. The number of nitrogens with one attached hydrogen (secondary N) is 1. The second-order valence-electron chi connectivity index (χ2n) is 4.93. The van der Waals surface area contributed by atoms with Crippen LogP contribution in [0.15, 0.2) is 24.3 Å². The third kappa shape index (κ3) is 4.44. The van der Waals surface area contributed by atoms with Gasteiger partial charge in [-0.3, -0.25) is 0 Å². The lowest BCUT2D eigenvalue weighted by molar-refractivity contribution is 0.345. The van der Waals surface area contributed by atoms with Crippen LogP contribution in [0.2, 0.25) is 0 Å². The molecule has 0 aromatic heterocycles. The van der Waals surface area contributed by atoms with Crippen LogP contribution in [0.1, 0.15) is 12.0 Å². The van der Waals surface area contributed by atoms with Gasteiger partial charge < -0.3 is 15.1 Å². The highest BCUT2D eigenvalue weighted by molar-refractivity contribution is 7.80. The molecule has 0 atom stereocenters. The van der Waals surface area contributed by atoms with Crippen molar-refractivity contribution in [3.05, 3.63) is 35.6 Å². The number of thiocarbonyl (C=S) groups is 1. The SMILES string of the molecule is CN1CCCN(C(=S)NCc2ccc(F)cc2)CC1. The maximum atomic E-state index is 12.8. The topological polar surface area (TPSA) is 18.5 Å². The van der Waals surface area contributed by atoms with Crippen LogP contribution in [-0.2, 0) is 6.54 Å². The molecule has 1 aliphatic rings. The average molecular weight is 281 g/mol. The molecule has 1 N–H and O–H groups in total. The molecule has 5 heteroatoms. The number of likely N-dealkylation sites (N-methyl/N-ethyl adjacent to an activating group) is 1. The molecule has 0 amide bonds. The van der Waals surface area contributed by atoms with E-state index in [9.17, 15) is 4.39 Å². The summed E-state index contributed by atoms with van der Waals surface area (Å²) in [6.07, 6.45) is 1.13. The van der Waals surface area contributed by atoms with Crippen LogP contribution in [0.4, 0.5) is 4.39 Å². The summed E-state index contributed by atoms with van der Waals surface area (Å²) in [6.45, 7) is 4.77. The predicted octanol–water partition coefficient (Wildman–Crippen LogP) is 1.84. The fourth-order valence-electron chi connectivity index (χ4n) is 2.14. The van der Waals surface area contributed by atoms with Gasteiger partial charge in [0.2, 0.25) is 0 Å². The molecule has 104 valence electrons. The Morgan fingerprint density at radius 2 is 1.95 bits per heavy atom. The number of hydrogen-bond acceptors (Lipinski definition) is 2. The van der Waals surface area contributed by atoms with Crippen molar-refractivity contribution in [3.63, 3.8) is 0 Å². The highest BCUT2D eigenvalue weighted by atomic mass is 32.1. The first-order chi connectivity index (χ1) is 9.15. The summed E-state index contributed by atoms with van der Waals surface area (Å²) < 4.78 is 12.8. The molecule has 1 aliphatic heterocycles. The molecule has 0 spiro atoms. The Morgan fingerprint density at radius 1 is 1.21 bits per heavy atom. The number of nitrogens with zero attached hydrogens (tertiary/aromatic N) is 2. The van der Waals surface area contributed by atoms with Gasteiger partial charge >= 0.3 is 0 Å². The van der Waals surface area contributed by atoms with E-state index in [0.29, 0.717) is 6.54 Å². The van der Waals surface area contributed by atoms with Gasteiger partial charge in [0.15, 0.2) is 5.11 Å². The Morgan fingerprint density at radius 3 is 2.68 bits per heavy atom. The molecule has 0 radical (unpaired) electrons. The average Bonchev–Trinajstić information content (AvgIpc) is 2.63. The van der Waals surface area contributed by atoms with Gasteiger partial charge in [-0.1, -0.05) is 12.1 Å². The van der Waals surface area contributed by atoms with Gasteiger partial charge in [0.25, 0.3) is 0 Å². The molecular formula is C14H20FN3S. The van der Waals surface area contributed by atoms with Gasteiger partial charge in [0.05, 0.1) is 0 Å². The lowest BCUT2D eigenvalue weighted by atomic mass is 10.2. The first-order valence-electron chi connectivity index (χ1n) is 6.61. The molecule has 0 aliphatic carbocycles. The summed E-state index contributed by atoms with van der Waals surface area (Å²) in [4.78, 5) is 4.53. The molecular weight excluding hydrogens is 261 g/mol. The summed E-state index contributed by atoms with van der Waals surface area (Å²) in [5, 5.41) is 4.04. The monoisotopic (exact) mass is 281 g/mol. The van der Waals surface area contributed by atoms with Crippen molar-refractivity contribution in [1.82, 2.24) is 15.1 Å². The standard InChI is InChI=1S/C14H20FN3S/c1-17-7-2-8-18(10-9-17)14(19)16-11-12-3-5-13(15)6-4-12/h3-6H,2,7-11H2,1H3,(H,16,19). The predicted molar refractivity (Wildman–Crippen MR) is 79.5 cm³/mol. The van der Waals surface area contributed by atoms with Crippen LogP contribution in [0, 0.1) is 5.82 Å². The van der Waals surface area contributed by atoms with Crippen molar-refractivity contribution in [2.45, 2.75) is 13.0 Å². The molecule has 1 fully saturated rings. The first kappa shape index (κ1) is 14.2. The third-order valence-corrected chi connectivity index (χ3v) is 3.77. The van der Waals surface area contributed by atoms with Crippen molar-refractivity contribution in [2.24, 2.45) is 0 Å². The minimum Gasteiger partial charge on any atom is -0.358 e. The van der Waals surface area contributed by atoms with Gasteiger partial charge in [-0.05, 0) is 49.9 Å². The molecule has 1 heterocycles. The van der Waals surface area contributed by atoms with E-state index in [1.54, 1.807) is 12.1 Å². The van der Waals surface area contributed by atoms with Gasteiger partial charge in [-0.2, -0.15) is 0 Å². The van der Waals surface area contributed by atoms with E-state index in [4.69, 9.17) is 12.2 Å². The van der Waals surface area contributed by atoms with E-state index in [2.05, 4.69) is 22.2 Å². The minimum absolute atomic E-state index is 0.207. The maximum Gasteiger partial charge on any atom is 0.169 e. The van der Waals surface area contributed by atoms with Crippen LogP contribution in [0.25, 0.3) is 0 Å². The molecule has 1 saturated heterocycles. The van der Waals surface area contributed by atoms with E-state index in [1.807, 2.05) is 0 Å². The van der Waals surface area contributed by atoms with E-state index >= 15 is 0 Å². The molecule has 3 nitrogen and oxygen atoms in total. The van der Waals surface area contributed by atoms with Crippen molar-refractivity contribution in [3.8, 4) is 0 Å². The molecule has 1 aromatic rings. The molecule has 2 rings (SSSR count). The van der Waals surface area contributed by atoms with Gasteiger partial charge in [-0.25, -0.2) is 4.39 Å². The molecule has 1 aromatic carbocycles. The van der Waals surface area contributed by atoms with Crippen molar-refractivity contribution in [1.29, 1.82) is 0 Å². The van der Waals surface area contributed by atoms with Crippen LogP contribution >= 0.6 is 12.2 Å². The zero-order valence-corrected chi connectivity index (χ0v) is 12.0. The molecule has 0 bridgehead atoms. The van der Waals surface area contributed by atoms with E-state index in [0.717, 1.165) is 43.3 Å². The fourth-order valence-corrected chi connectivity index (χ4v) is 2.40. The second-order valence-corrected chi connectivity index (χ2v) is 5.32. The van der Waals surface area contributed by atoms with E-state index < -0.39 is 0 Å². The Kier molecular flexibility index (Phi) is 5.10. The van der Waals surface area contributed by atoms with Crippen molar-refractivity contribution >= 4 is 17.3 Å². The number of halogens is 1. The normalized spacial score (nSPS) is 17.1. The highest BCUT2D eigenvalue weighted by Gasteiger charge is 2.14. The van der Waals surface area contributed by atoms with Crippen LogP contribution in [0.5, 0.6) is 0 Å². The maximum absolute atomic E-state index is 12.8. The molecule has 19 heavy (non-hydrogen) atoms. The Balaban J connectivity index is 1.82. The zero-order valence-electron chi connectivity index (χ0n) is 11.2. The summed E-state index contributed by atoms with van der Waals surface area (Å²) in [5.74, 6) is -0.207. The Labute approximate surface area is 119 Å². The lowest BCUT2D eigenvalue weighted by Crippen LogP contribution is -2.41. The minimum atomic E-state index is -0.207. The second kappa shape index (κ2) is 6.82. The first-order valence-corrected chi connectivity index (χ1v) is 7.02. The van der Waals surface area contributed by atoms with Gasteiger partial charge in [0, 0.05) is 26.2 Å². The van der Waals surface area contributed by atoms with Gasteiger partial charge in [-0.15, -0.1) is 0 Å². The summed E-state index contributed by atoms with van der Waals surface area (Å²) in [6, 6.07) is 6.50. The van der Waals surface area contributed by atoms with E-state index in [-0.39, 0.29) is 5.82 Å². The van der Waals surface area contributed by atoms with Crippen LogP contribution in [0.3, 0.4) is 0 Å². The largest absolute Gasteiger partial charge is 0.358 e. The van der Waals surface area contributed by atoms with Crippen molar-refractivity contribution < 1.29 is 4.39 Å². The Hall–Kier alpha value is -1.20. The summed E-state index contributed by atoms with van der Waals surface area (Å²) in [7, 11) is 2.14. The third-order valence-electron chi connectivity index (χ3n) is 3.36. The van der Waals surface area contributed by atoms with E-state index in [1.165, 1.54) is 12.1 Å². The lowest BCUT2D eigenvalue weighted by Gasteiger charge is -2.24. The zero-order chi connectivity index (χ0) is 13.7. The number of benzene rings is 1. The van der Waals surface area contributed by atoms with Gasteiger partial charge in [0.1, 0.15) is 5.82 Å². The quantitative estimate of drug-likeness (QED) is 0.833. The smallest absolute Gasteiger partial charge is 0.169 e. The Bertz CT molecular complexity index is 421. The summed E-state index contributed by atoms with van der Waals surface area (Å²) >= 11 is 5.42. The van der Waals surface area contributed by atoms with Crippen LogP contribution < -0.4 is 5.32 Å².